The van der Waals surface area contributed by atoms with Gasteiger partial charge in [0.1, 0.15) is 0 Å². The molecule has 2 aromatic rings. The molecule has 4 nitrogen and oxygen atoms in total. The molecule has 0 bridgehead atoms. The average Bonchev–Trinajstić information content (AvgIpc) is 2.66. The predicted molar refractivity (Wildman–Crippen MR) is 61.6 cm³/mol. The molecule has 2 N–H and O–H groups in total. The van der Waals surface area contributed by atoms with E-state index in [2.05, 4.69) is 10.1 Å². The first-order valence-corrected chi connectivity index (χ1v) is 5.64. The van der Waals surface area contributed by atoms with Crippen LogP contribution in [0.4, 0.5) is 5.69 Å². The summed E-state index contributed by atoms with van der Waals surface area (Å²) in [4.78, 5) is 5.19. The van der Waals surface area contributed by atoms with E-state index in [9.17, 15) is 0 Å². The summed E-state index contributed by atoms with van der Waals surface area (Å²) in [5.74, 6) is 0.977. The quantitative estimate of drug-likeness (QED) is 0.796. The molecular formula is C10H12N4S. The van der Waals surface area contributed by atoms with Crippen molar-refractivity contribution in [2.45, 2.75) is 11.4 Å². The van der Waals surface area contributed by atoms with Crippen LogP contribution in [0.3, 0.4) is 0 Å². The van der Waals surface area contributed by atoms with E-state index in [1.165, 1.54) is 4.90 Å². The van der Waals surface area contributed by atoms with Gasteiger partial charge in [-0.2, -0.15) is 5.10 Å². The first kappa shape index (κ1) is 10.0. The van der Waals surface area contributed by atoms with E-state index in [-0.39, 0.29) is 0 Å². The van der Waals surface area contributed by atoms with Gasteiger partial charge >= 0.3 is 0 Å². The molecule has 0 unspecified atom stereocenters. The number of pyridine rings is 1. The Bertz CT molecular complexity index is 412. The van der Waals surface area contributed by atoms with Crippen LogP contribution in [0.5, 0.6) is 0 Å². The van der Waals surface area contributed by atoms with E-state index >= 15 is 0 Å². The number of anilines is 1. The standard InChI is InChI=1S/C10H12N4S/c11-9-7-13-14(8-9)5-6-15-10-1-3-12-4-2-10/h1-4,7-8H,5-6,11H2. The number of rotatable bonds is 4. The zero-order valence-electron chi connectivity index (χ0n) is 8.21. The summed E-state index contributed by atoms with van der Waals surface area (Å²) in [7, 11) is 0. The van der Waals surface area contributed by atoms with Gasteiger partial charge in [0.2, 0.25) is 0 Å². The van der Waals surface area contributed by atoms with Crippen molar-refractivity contribution in [2.75, 3.05) is 11.5 Å². The number of aryl methyl sites for hydroxylation is 1. The Balaban J connectivity index is 1.80. The molecular weight excluding hydrogens is 208 g/mol. The zero-order valence-corrected chi connectivity index (χ0v) is 9.02. The molecule has 2 aromatic heterocycles. The summed E-state index contributed by atoms with van der Waals surface area (Å²) in [6.45, 7) is 0.865. The summed E-state index contributed by atoms with van der Waals surface area (Å²) in [5.41, 5.74) is 6.28. The Morgan fingerprint density at radius 3 is 2.80 bits per heavy atom. The Hall–Kier alpha value is -1.49. The molecule has 0 amide bonds. The number of nitrogens with two attached hydrogens (primary N) is 1. The molecule has 5 heteroatoms. The average molecular weight is 220 g/mol. The highest BCUT2D eigenvalue weighted by atomic mass is 32.2. The highest BCUT2D eigenvalue weighted by Gasteiger charge is 1.96. The second-order valence-corrected chi connectivity index (χ2v) is 4.24. The predicted octanol–water partition coefficient (Wildman–Crippen LogP) is 1.65. The van der Waals surface area contributed by atoms with E-state index in [1.807, 2.05) is 23.0 Å². The van der Waals surface area contributed by atoms with Crippen LogP contribution in [0.2, 0.25) is 0 Å². The van der Waals surface area contributed by atoms with Crippen molar-refractivity contribution in [3.8, 4) is 0 Å². The van der Waals surface area contributed by atoms with Crippen LogP contribution < -0.4 is 5.73 Å². The molecule has 78 valence electrons. The number of nitrogens with zero attached hydrogens (tertiary/aromatic N) is 3. The minimum atomic E-state index is 0.712. The maximum absolute atomic E-state index is 5.56. The van der Waals surface area contributed by atoms with E-state index in [0.29, 0.717) is 5.69 Å². The molecule has 0 saturated carbocycles. The van der Waals surface area contributed by atoms with Crippen LogP contribution in [-0.4, -0.2) is 20.5 Å². The molecule has 2 rings (SSSR count). The largest absolute Gasteiger partial charge is 0.396 e. The van der Waals surface area contributed by atoms with Crippen molar-refractivity contribution in [2.24, 2.45) is 0 Å². The minimum Gasteiger partial charge on any atom is -0.396 e. The van der Waals surface area contributed by atoms with Gasteiger partial charge < -0.3 is 5.73 Å². The van der Waals surface area contributed by atoms with E-state index in [1.54, 1.807) is 30.4 Å². The maximum Gasteiger partial charge on any atom is 0.0719 e. The second-order valence-electron chi connectivity index (χ2n) is 3.07. The fourth-order valence-corrected chi connectivity index (χ4v) is 2.02. The summed E-state index contributed by atoms with van der Waals surface area (Å²) in [5, 5.41) is 4.11. The van der Waals surface area contributed by atoms with E-state index in [0.717, 1.165) is 12.3 Å². The molecule has 0 spiro atoms. The van der Waals surface area contributed by atoms with Crippen molar-refractivity contribution < 1.29 is 0 Å². The van der Waals surface area contributed by atoms with Gasteiger partial charge in [0.15, 0.2) is 0 Å². The monoisotopic (exact) mass is 220 g/mol. The lowest BCUT2D eigenvalue weighted by atomic mass is 10.5. The first-order valence-electron chi connectivity index (χ1n) is 4.65. The third-order valence-corrected chi connectivity index (χ3v) is 2.88. The lowest BCUT2D eigenvalue weighted by Crippen LogP contribution is -2.00. The molecule has 0 atom stereocenters. The lowest BCUT2D eigenvalue weighted by molar-refractivity contribution is 0.666. The Morgan fingerprint density at radius 2 is 2.13 bits per heavy atom. The van der Waals surface area contributed by atoms with E-state index in [4.69, 9.17) is 5.73 Å². The molecule has 0 aliphatic rings. The van der Waals surface area contributed by atoms with E-state index < -0.39 is 0 Å². The molecule has 0 aromatic carbocycles. The minimum absolute atomic E-state index is 0.712. The molecule has 0 saturated heterocycles. The van der Waals surface area contributed by atoms with Gasteiger partial charge in [-0.1, -0.05) is 0 Å². The van der Waals surface area contributed by atoms with Crippen LogP contribution in [0.15, 0.2) is 41.8 Å². The van der Waals surface area contributed by atoms with Gasteiger partial charge in [-0.15, -0.1) is 11.8 Å². The van der Waals surface area contributed by atoms with Crippen LogP contribution in [0.25, 0.3) is 0 Å². The smallest absolute Gasteiger partial charge is 0.0719 e. The first-order chi connectivity index (χ1) is 7.34. The molecule has 2 heterocycles. The number of aromatic nitrogens is 3. The van der Waals surface area contributed by atoms with Crippen LogP contribution in [0.1, 0.15) is 0 Å². The molecule has 0 radical (unpaired) electrons. The van der Waals surface area contributed by atoms with Gasteiger partial charge in [-0.05, 0) is 12.1 Å². The topological polar surface area (TPSA) is 56.7 Å². The van der Waals surface area contributed by atoms with Crippen molar-refractivity contribution in [1.29, 1.82) is 0 Å². The summed E-state index contributed by atoms with van der Waals surface area (Å²) in [6, 6.07) is 4.00. The lowest BCUT2D eigenvalue weighted by Gasteiger charge is -2.01. The fourth-order valence-electron chi connectivity index (χ4n) is 1.19. The fraction of sp³-hybridized carbons (Fsp3) is 0.200. The van der Waals surface area contributed by atoms with Gasteiger partial charge in [0.25, 0.3) is 0 Å². The molecule has 0 fully saturated rings. The highest BCUT2D eigenvalue weighted by molar-refractivity contribution is 7.99. The summed E-state index contributed by atoms with van der Waals surface area (Å²) >= 11 is 1.78. The van der Waals surface area contributed by atoms with Crippen LogP contribution >= 0.6 is 11.8 Å². The summed E-state index contributed by atoms with van der Waals surface area (Å²) < 4.78 is 1.85. The normalized spacial score (nSPS) is 10.4. The Morgan fingerprint density at radius 1 is 1.33 bits per heavy atom. The third kappa shape index (κ3) is 2.99. The summed E-state index contributed by atoms with van der Waals surface area (Å²) in [6.07, 6.45) is 7.10. The molecule has 0 aliphatic carbocycles. The Labute approximate surface area is 92.5 Å². The number of hydrogen-bond acceptors (Lipinski definition) is 4. The SMILES string of the molecule is Nc1cnn(CCSc2ccncc2)c1. The van der Waals surface area contributed by atoms with Crippen LogP contribution in [0, 0.1) is 0 Å². The Kier molecular flexibility index (Phi) is 3.24. The third-order valence-electron chi connectivity index (χ3n) is 1.89. The van der Waals surface area contributed by atoms with Gasteiger partial charge in [-0.3, -0.25) is 9.67 Å². The number of nitrogen functional groups attached to an aromatic ring is 1. The second kappa shape index (κ2) is 4.84. The number of thioether (sulfide) groups is 1. The van der Waals surface area contributed by atoms with Crippen molar-refractivity contribution in [1.82, 2.24) is 14.8 Å². The van der Waals surface area contributed by atoms with Gasteiger partial charge in [-0.25, -0.2) is 0 Å². The van der Waals surface area contributed by atoms with Crippen molar-refractivity contribution in [3.63, 3.8) is 0 Å². The molecule has 15 heavy (non-hydrogen) atoms. The van der Waals surface area contributed by atoms with Crippen molar-refractivity contribution in [3.05, 3.63) is 36.9 Å². The van der Waals surface area contributed by atoms with Crippen LogP contribution in [-0.2, 0) is 6.54 Å². The number of hydrogen-bond donors (Lipinski definition) is 1. The molecule has 0 aliphatic heterocycles. The maximum atomic E-state index is 5.56. The van der Waals surface area contributed by atoms with Gasteiger partial charge in [0.05, 0.1) is 18.4 Å². The van der Waals surface area contributed by atoms with Gasteiger partial charge in [0, 0.05) is 29.2 Å². The zero-order chi connectivity index (χ0) is 10.5. The highest BCUT2D eigenvalue weighted by Crippen LogP contribution is 2.16. The van der Waals surface area contributed by atoms with Crippen molar-refractivity contribution >= 4 is 17.4 Å².